The quantitative estimate of drug-likeness (QED) is 0.600. The average Bonchev–Trinajstić information content (AvgIpc) is 3.18. The Bertz CT molecular complexity index is 1070. The Morgan fingerprint density at radius 3 is 2.90 bits per heavy atom. The molecule has 3 aromatic rings. The fourth-order valence-corrected chi connectivity index (χ4v) is 4.41. The molecule has 0 unspecified atom stereocenters. The zero-order chi connectivity index (χ0) is 21.1. The minimum atomic E-state index is -0.0203. The van der Waals surface area contributed by atoms with Gasteiger partial charge in [-0.25, -0.2) is 4.98 Å². The van der Waals surface area contributed by atoms with Crippen molar-refractivity contribution >= 4 is 27.4 Å². The van der Waals surface area contributed by atoms with Crippen LogP contribution in [-0.4, -0.2) is 60.4 Å². The van der Waals surface area contributed by atoms with Gasteiger partial charge in [-0.05, 0) is 32.9 Å². The van der Waals surface area contributed by atoms with Crippen LogP contribution in [0.5, 0.6) is 5.75 Å². The van der Waals surface area contributed by atoms with Crippen LogP contribution in [0.2, 0.25) is 0 Å². The molecule has 0 amide bonds. The zero-order valence-electron chi connectivity index (χ0n) is 17.7. The number of nitrogens with one attached hydrogen (secondary N) is 2. The number of benzene rings is 1. The third-order valence-corrected chi connectivity index (χ3v) is 5.95. The van der Waals surface area contributed by atoms with Gasteiger partial charge in [0.25, 0.3) is 0 Å². The maximum absolute atomic E-state index is 12.7. The van der Waals surface area contributed by atoms with Crippen LogP contribution in [0.1, 0.15) is 19.4 Å². The van der Waals surface area contributed by atoms with Gasteiger partial charge in [0.15, 0.2) is 10.6 Å². The average molecular weight is 429 g/mol. The van der Waals surface area contributed by atoms with E-state index < -0.39 is 0 Å². The Hall–Kier alpha value is -2.42. The molecule has 30 heavy (non-hydrogen) atoms. The molecule has 160 valence electrons. The molecule has 1 aliphatic rings. The minimum absolute atomic E-state index is 0.0203. The van der Waals surface area contributed by atoms with Crippen molar-refractivity contribution in [2.45, 2.75) is 26.8 Å². The summed E-state index contributed by atoms with van der Waals surface area (Å²) in [4.78, 5) is 23.1. The molecule has 0 radical (unpaired) electrons. The number of aromatic nitrogens is 2. The summed E-state index contributed by atoms with van der Waals surface area (Å²) in [6.45, 7) is 11.0. The highest BCUT2D eigenvalue weighted by molar-refractivity contribution is 7.14. The van der Waals surface area contributed by atoms with Crippen molar-refractivity contribution in [2.24, 2.45) is 0 Å². The summed E-state index contributed by atoms with van der Waals surface area (Å²) in [6, 6.07) is 5.65. The van der Waals surface area contributed by atoms with Crippen molar-refractivity contribution in [1.29, 1.82) is 0 Å². The summed E-state index contributed by atoms with van der Waals surface area (Å²) in [5, 5.41) is 6.76. The van der Waals surface area contributed by atoms with E-state index in [1.165, 1.54) is 11.3 Å². The third kappa shape index (κ3) is 4.66. The number of pyridine rings is 1. The molecule has 0 saturated carbocycles. The lowest BCUT2D eigenvalue weighted by Crippen LogP contribution is -2.38. The van der Waals surface area contributed by atoms with Gasteiger partial charge in [-0.2, -0.15) is 0 Å². The number of anilines is 1. The lowest BCUT2D eigenvalue weighted by molar-refractivity contribution is 0.0322. The molecule has 1 aromatic carbocycles. The number of aryl methyl sites for hydroxylation is 1. The number of H-pyrrole nitrogens is 1. The summed E-state index contributed by atoms with van der Waals surface area (Å²) in [7, 11) is 0. The smallest absolute Gasteiger partial charge is 0.190 e. The molecule has 0 atom stereocenters. The largest absolute Gasteiger partial charge is 0.492 e. The van der Waals surface area contributed by atoms with E-state index in [2.05, 4.69) is 34.0 Å². The molecule has 3 heterocycles. The summed E-state index contributed by atoms with van der Waals surface area (Å²) in [5.41, 5.74) is 3.19. The van der Waals surface area contributed by atoms with E-state index in [1.807, 2.05) is 24.4 Å². The minimum Gasteiger partial charge on any atom is -0.492 e. The van der Waals surface area contributed by atoms with Gasteiger partial charge >= 0.3 is 0 Å². The van der Waals surface area contributed by atoms with Crippen LogP contribution in [-0.2, 0) is 4.74 Å². The van der Waals surface area contributed by atoms with Crippen LogP contribution in [0, 0.1) is 6.92 Å². The molecular formula is C22H28N4O3S. The number of morpholine rings is 1. The summed E-state index contributed by atoms with van der Waals surface area (Å²) in [5.74, 6) is 0.795. The normalized spacial score (nSPS) is 15.1. The molecule has 0 bridgehead atoms. The lowest BCUT2D eigenvalue weighted by atomic mass is 10.1. The Balaban J connectivity index is 1.56. The number of nitrogens with zero attached hydrogens (tertiary/aromatic N) is 2. The molecule has 2 aromatic heterocycles. The topological polar surface area (TPSA) is 79.5 Å². The number of hydrogen-bond acceptors (Lipinski definition) is 7. The molecule has 1 saturated heterocycles. The second kappa shape index (κ2) is 9.16. The van der Waals surface area contributed by atoms with E-state index >= 15 is 0 Å². The molecule has 7 nitrogen and oxygen atoms in total. The third-order valence-electron chi connectivity index (χ3n) is 5.18. The second-order valence-corrected chi connectivity index (χ2v) is 8.66. The van der Waals surface area contributed by atoms with Gasteiger partial charge in [-0.3, -0.25) is 9.69 Å². The highest BCUT2D eigenvalue weighted by Gasteiger charge is 2.14. The molecule has 1 fully saturated rings. The van der Waals surface area contributed by atoms with Crippen molar-refractivity contribution in [3.63, 3.8) is 0 Å². The highest BCUT2D eigenvalue weighted by Crippen LogP contribution is 2.28. The van der Waals surface area contributed by atoms with Crippen molar-refractivity contribution in [3.05, 3.63) is 39.4 Å². The molecule has 0 aliphatic carbocycles. The van der Waals surface area contributed by atoms with Crippen LogP contribution in [0.4, 0.5) is 5.13 Å². The molecule has 1 aliphatic heterocycles. The first kappa shape index (κ1) is 20.8. The fraction of sp³-hybridized carbons (Fsp3) is 0.455. The van der Waals surface area contributed by atoms with E-state index in [1.54, 1.807) is 6.07 Å². The Kier molecular flexibility index (Phi) is 6.36. The van der Waals surface area contributed by atoms with E-state index in [0.29, 0.717) is 23.7 Å². The van der Waals surface area contributed by atoms with Crippen molar-refractivity contribution in [3.8, 4) is 17.1 Å². The van der Waals surface area contributed by atoms with Gasteiger partial charge in [-0.1, -0.05) is 0 Å². The van der Waals surface area contributed by atoms with Crippen molar-refractivity contribution < 1.29 is 9.47 Å². The SMILES string of the molecule is Cc1c(OCCN2CCOCC2)ccc2c(=O)cc(-c3csc(NC(C)C)n3)[nH]c12. The van der Waals surface area contributed by atoms with Gasteiger partial charge in [-0.15, -0.1) is 11.3 Å². The molecule has 4 rings (SSSR count). The van der Waals surface area contributed by atoms with E-state index in [0.717, 1.165) is 60.5 Å². The number of hydrogen-bond donors (Lipinski definition) is 2. The van der Waals surface area contributed by atoms with Crippen LogP contribution in [0.3, 0.4) is 0 Å². The lowest BCUT2D eigenvalue weighted by Gasteiger charge is -2.26. The summed E-state index contributed by atoms with van der Waals surface area (Å²) in [6.07, 6.45) is 0. The van der Waals surface area contributed by atoms with Gasteiger partial charge in [0.1, 0.15) is 12.4 Å². The first-order chi connectivity index (χ1) is 14.5. The maximum atomic E-state index is 12.7. The maximum Gasteiger partial charge on any atom is 0.190 e. The van der Waals surface area contributed by atoms with Gasteiger partial charge in [0.2, 0.25) is 0 Å². The number of fused-ring (bicyclic) bond motifs is 1. The van der Waals surface area contributed by atoms with Crippen molar-refractivity contribution in [1.82, 2.24) is 14.9 Å². The molecule has 2 N–H and O–H groups in total. The molecule has 0 spiro atoms. The van der Waals surface area contributed by atoms with E-state index in [-0.39, 0.29) is 5.43 Å². The van der Waals surface area contributed by atoms with Crippen LogP contribution < -0.4 is 15.5 Å². The number of rotatable bonds is 7. The first-order valence-electron chi connectivity index (χ1n) is 10.3. The molecule has 8 heteroatoms. The predicted octanol–water partition coefficient (Wildman–Crippen LogP) is 3.49. The van der Waals surface area contributed by atoms with Crippen LogP contribution in [0.25, 0.3) is 22.3 Å². The van der Waals surface area contributed by atoms with Gasteiger partial charge in [0.05, 0.1) is 30.1 Å². The van der Waals surface area contributed by atoms with Gasteiger partial charge < -0.3 is 19.8 Å². The zero-order valence-corrected chi connectivity index (χ0v) is 18.5. The Morgan fingerprint density at radius 2 is 2.13 bits per heavy atom. The van der Waals surface area contributed by atoms with Gasteiger partial charge in [0, 0.05) is 48.1 Å². The number of thiazole rings is 1. The Morgan fingerprint density at radius 1 is 1.33 bits per heavy atom. The summed E-state index contributed by atoms with van der Waals surface area (Å²) < 4.78 is 11.4. The van der Waals surface area contributed by atoms with Crippen molar-refractivity contribution in [2.75, 3.05) is 44.8 Å². The van der Waals surface area contributed by atoms with E-state index in [4.69, 9.17) is 9.47 Å². The standard InChI is InChI=1S/C22H28N4O3S/c1-14(2)23-22-25-18(13-30-22)17-12-19(27)16-4-5-20(15(3)21(16)24-17)29-11-8-26-6-9-28-10-7-26/h4-5,12-14H,6-11H2,1-3H3,(H,23,25)(H,24,27). The van der Waals surface area contributed by atoms with Crippen LogP contribution in [0.15, 0.2) is 28.4 Å². The second-order valence-electron chi connectivity index (χ2n) is 7.80. The van der Waals surface area contributed by atoms with E-state index in [9.17, 15) is 4.79 Å². The Labute approximate surface area is 180 Å². The fourth-order valence-electron chi connectivity index (χ4n) is 3.55. The first-order valence-corrected chi connectivity index (χ1v) is 11.2. The number of ether oxygens (including phenoxy) is 2. The monoisotopic (exact) mass is 428 g/mol. The molecular weight excluding hydrogens is 400 g/mol. The number of aromatic amines is 1. The van der Waals surface area contributed by atoms with Crippen LogP contribution >= 0.6 is 11.3 Å². The highest BCUT2D eigenvalue weighted by atomic mass is 32.1. The predicted molar refractivity (Wildman–Crippen MR) is 122 cm³/mol. The summed E-state index contributed by atoms with van der Waals surface area (Å²) >= 11 is 1.53.